The van der Waals surface area contributed by atoms with Crippen LogP contribution in [0.1, 0.15) is 26.2 Å². The topological polar surface area (TPSA) is 35.6 Å². The number of amides is 1. The lowest BCUT2D eigenvalue weighted by Crippen LogP contribution is -2.35. The van der Waals surface area contributed by atoms with Crippen molar-refractivity contribution < 1.29 is 4.79 Å². The molecule has 25 heavy (non-hydrogen) atoms. The van der Waals surface area contributed by atoms with Gasteiger partial charge in [-0.05, 0) is 62.6 Å². The minimum Gasteiger partial charge on any atom is -0.376 e. The number of hydrogen-bond donors (Lipinski definition) is 1. The molecule has 1 saturated heterocycles. The monoisotopic (exact) mass is 337 g/mol. The number of anilines is 3. The number of rotatable bonds is 6. The number of nitrogens with one attached hydrogen (secondary N) is 1. The van der Waals surface area contributed by atoms with Crippen LogP contribution in [-0.4, -0.2) is 32.1 Å². The van der Waals surface area contributed by atoms with Crippen LogP contribution in [0.5, 0.6) is 0 Å². The van der Waals surface area contributed by atoms with Gasteiger partial charge in [0.25, 0.3) is 0 Å². The highest BCUT2D eigenvalue weighted by Gasteiger charge is 2.14. The summed E-state index contributed by atoms with van der Waals surface area (Å²) in [6, 6.07) is 18.2. The Morgan fingerprint density at radius 2 is 1.68 bits per heavy atom. The van der Waals surface area contributed by atoms with Gasteiger partial charge in [0, 0.05) is 36.7 Å². The highest BCUT2D eigenvalue weighted by Crippen LogP contribution is 2.22. The number of carbonyl (C=O) groups excluding carboxylic acids is 1. The van der Waals surface area contributed by atoms with E-state index in [2.05, 4.69) is 34.5 Å². The van der Waals surface area contributed by atoms with E-state index in [9.17, 15) is 4.79 Å². The SMILES string of the molecule is CCN(C(=O)CNc1ccc(N2CCCCC2)cc1)c1ccccc1. The average molecular weight is 337 g/mol. The molecule has 0 aliphatic carbocycles. The van der Waals surface area contributed by atoms with Gasteiger partial charge in [0.2, 0.25) is 5.91 Å². The maximum Gasteiger partial charge on any atom is 0.246 e. The Hall–Kier alpha value is -2.49. The van der Waals surface area contributed by atoms with Gasteiger partial charge >= 0.3 is 0 Å². The Kier molecular flexibility index (Phi) is 5.94. The molecule has 4 nitrogen and oxygen atoms in total. The van der Waals surface area contributed by atoms with E-state index in [1.54, 1.807) is 4.90 Å². The Morgan fingerprint density at radius 3 is 2.32 bits per heavy atom. The molecule has 2 aromatic rings. The van der Waals surface area contributed by atoms with Crippen molar-refractivity contribution in [2.45, 2.75) is 26.2 Å². The highest BCUT2D eigenvalue weighted by molar-refractivity contribution is 5.96. The van der Waals surface area contributed by atoms with Crippen molar-refractivity contribution >= 4 is 23.0 Å². The quantitative estimate of drug-likeness (QED) is 0.860. The molecular weight excluding hydrogens is 310 g/mol. The van der Waals surface area contributed by atoms with Crippen molar-refractivity contribution in [3.05, 3.63) is 54.6 Å². The Morgan fingerprint density at radius 1 is 1.00 bits per heavy atom. The van der Waals surface area contributed by atoms with Gasteiger partial charge in [0.05, 0.1) is 6.54 Å². The van der Waals surface area contributed by atoms with Crippen molar-refractivity contribution in [2.24, 2.45) is 0 Å². The molecule has 0 atom stereocenters. The van der Waals surface area contributed by atoms with Crippen molar-refractivity contribution in [3.63, 3.8) is 0 Å². The van der Waals surface area contributed by atoms with Gasteiger partial charge in [-0.2, -0.15) is 0 Å². The predicted octanol–water partition coefficient (Wildman–Crippen LogP) is 4.14. The van der Waals surface area contributed by atoms with Crippen molar-refractivity contribution in [3.8, 4) is 0 Å². The molecule has 1 amide bonds. The fourth-order valence-electron chi connectivity index (χ4n) is 3.33. The van der Waals surface area contributed by atoms with Gasteiger partial charge in [-0.25, -0.2) is 0 Å². The largest absolute Gasteiger partial charge is 0.376 e. The van der Waals surface area contributed by atoms with Crippen molar-refractivity contribution in [2.75, 3.05) is 41.3 Å². The minimum atomic E-state index is 0.0776. The second-order valence-corrected chi connectivity index (χ2v) is 6.42. The molecule has 0 unspecified atom stereocenters. The predicted molar refractivity (Wildman–Crippen MR) is 105 cm³/mol. The number of likely N-dealkylation sites (N-methyl/N-ethyl adjacent to an activating group) is 1. The van der Waals surface area contributed by atoms with E-state index in [-0.39, 0.29) is 5.91 Å². The van der Waals surface area contributed by atoms with Crippen LogP contribution in [0.25, 0.3) is 0 Å². The van der Waals surface area contributed by atoms with E-state index in [4.69, 9.17) is 0 Å². The van der Waals surface area contributed by atoms with Crippen LogP contribution in [0.2, 0.25) is 0 Å². The number of piperidine rings is 1. The van der Waals surface area contributed by atoms with Crippen molar-refractivity contribution in [1.82, 2.24) is 0 Å². The molecule has 1 fully saturated rings. The van der Waals surface area contributed by atoms with E-state index in [0.717, 1.165) is 24.5 Å². The summed E-state index contributed by atoms with van der Waals surface area (Å²) < 4.78 is 0. The van der Waals surface area contributed by atoms with E-state index >= 15 is 0 Å². The lowest BCUT2D eigenvalue weighted by molar-refractivity contribution is -0.116. The molecular formula is C21H27N3O. The van der Waals surface area contributed by atoms with Crippen LogP contribution >= 0.6 is 0 Å². The fourth-order valence-corrected chi connectivity index (χ4v) is 3.33. The van der Waals surface area contributed by atoms with Gasteiger partial charge < -0.3 is 15.1 Å². The molecule has 0 spiro atoms. The molecule has 4 heteroatoms. The Labute approximate surface area is 150 Å². The van der Waals surface area contributed by atoms with Crippen LogP contribution in [0.4, 0.5) is 17.1 Å². The minimum absolute atomic E-state index is 0.0776. The molecule has 2 aromatic carbocycles. The lowest BCUT2D eigenvalue weighted by atomic mass is 10.1. The third kappa shape index (κ3) is 4.53. The zero-order valence-corrected chi connectivity index (χ0v) is 14.9. The first-order valence-electron chi connectivity index (χ1n) is 9.22. The van der Waals surface area contributed by atoms with E-state index < -0.39 is 0 Å². The standard InChI is InChI=1S/C21H27N3O/c1-2-24(20-9-5-3-6-10-20)21(25)17-22-18-11-13-19(14-12-18)23-15-7-4-8-16-23/h3,5-6,9-14,22H,2,4,7-8,15-17H2,1H3. The van der Waals surface area contributed by atoms with E-state index in [1.807, 2.05) is 37.3 Å². The van der Waals surface area contributed by atoms with Crippen LogP contribution in [-0.2, 0) is 4.79 Å². The normalized spacial score (nSPS) is 14.2. The first-order chi connectivity index (χ1) is 12.3. The molecule has 0 aromatic heterocycles. The summed E-state index contributed by atoms with van der Waals surface area (Å²) in [6.07, 6.45) is 3.90. The molecule has 0 saturated carbocycles. The van der Waals surface area contributed by atoms with Crippen LogP contribution in [0.15, 0.2) is 54.6 Å². The summed E-state index contributed by atoms with van der Waals surface area (Å²) in [5, 5.41) is 3.25. The number of benzene rings is 2. The molecule has 0 bridgehead atoms. The Bertz CT molecular complexity index is 663. The smallest absolute Gasteiger partial charge is 0.246 e. The molecule has 1 aliphatic rings. The van der Waals surface area contributed by atoms with Crippen LogP contribution in [0.3, 0.4) is 0 Å². The van der Waals surface area contributed by atoms with Gasteiger partial charge in [-0.1, -0.05) is 18.2 Å². The summed E-state index contributed by atoms with van der Waals surface area (Å²) in [5.74, 6) is 0.0776. The molecule has 0 radical (unpaired) electrons. The van der Waals surface area contributed by atoms with Crippen molar-refractivity contribution in [1.29, 1.82) is 0 Å². The summed E-state index contributed by atoms with van der Waals surface area (Å²) >= 11 is 0. The average Bonchev–Trinajstić information content (AvgIpc) is 2.69. The molecule has 132 valence electrons. The van der Waals surface area contributed by atoms with Crippen LogP contribution < -0.4 is 15.1 Å². The summed E-state index contributed by atoms with van der Waals surface area (Å²) in [7, 11) is 0. The number of para-hydroxylation sites is 1. The molecule has 1 N–H and O–H groups in total. The molecule has 1 aliphatic heterocycles. The lowest BCUT2D eigenvalue weighted by Gasteiger charge is -2.29. The highest BCUT2D eigenvalue weighted by atomic mass is 16.2. The maximum atomic E-state index is 12.5. The second kappa shape index (κ2) is 8.56. The molecule has 1 heterocycles. The zero-order chi connectivity index (χ0) is 17.5. The second-order valence-electron chi connectivity index (χ2n) is 6.42. The first-order valence-corrected chi connectivity index (χ1v) is 9.22. The van der Waals surface area contributed by atoms with E-state index in [1.165, 1.54) is 24.9 Å². The Balaban J connectivity index is 1.56. The van der Waals surface area contributed by atoms with Gasteiger partial charge in [-0.15, -0.1) is 0 Å². The van der Waals surface area contributed by atoms with Crippen LogP contribution in [0, 0.1) is 0 Å². The summed E-state index contributed by atoms with van der Waals surface area (Å²) in [5.41, 5.74) is 3.20. The maximum absolute atomic E-state index is 12.5. The number of carbonyl (C=O) groups is 1. The third-order valence-corrected chi connectivity index (χ3v) is 4.72. The first kappa shape index (κ1) is 17.3. The van der Waals surface area contributed by atoms with Gasteiger partial charge in [0.1, 0.15) is 0 Å². The van der Waals surface area contributed by atoms with Gasteiger partial charge in [0.15, 0.2) is 0 Å². The number of nitrogens with zero attached hydrogens (tertiary/aromatic N) is 2. The number of hydrogen-bond acceptors (Lipinski definition) is 3. The molecule has 3 rings (SSSR count). The van der Waals surface area contributed by atoms with E-state index in [0.29, 0.717) is 13.1 Å². The fraction of sp³-hybridized carbons (Fsp3) is 0.381. The summed E-state index contributed by atoms with van der Waals surface area (Å²) in [6.45, 7) is 5.25. The third-order valence-electron chi connectivity index (χ3n) is 4.72. The zero-order valence-electron chi connectivity index (χ0n) is 14.9. The van der Waals surface area contributed by atoms with Gasteiger partial charge in [-0.3, -0.25) is 4.79 Å². The summed E-state index contributed by atoms with van der Waals surface area (Å²) in [4.78, 5) is 16.8.